The van der Waals surface area contributed by atoms with Gasteiger partial charge in [0.05, 0.1) is 0 Å². The minimum absolute atomic E-state index is 0.263. The van der Waals surface area contributed by atoms with Crippen LogP contribution in [0.4, 0.5) is 4.79 Å². The molecule has 3 rings (SSSR count). The van der Waals surface area contributed by atoms with E-state index in [0.29, 0.717) is 12.6 Å². The number of hydrogen-bond acceptors (Lipinski definition) is 4. The zero-order valence-corrected chi connectivity index (χ0v) is 13.6. The van der Waals surface area contributed by atoms with Gasteiger partial charge in [0.2, 0.25) is 0 Å². The Hall–Kier alpha value is -1.20. The van der Waals surface area contributed by atoms with E-state index < -0.39 is 0 Å². The molecule has 2 N–H and O–H groups in total. The summed E-state index contributed by atoms with van der Waals surface area (Å²) in [6.45, 7) is 1.46. The van der Waals surface area contributed by atoms with E-state index in [-0.39, 0.29) is 12.1 Å². The first-order chi connectivity index (χ1) is 10.8. The molecule has 1 atom stereocenters. The van der Waals surface area contributed by atoms with Crippen LogP contribution in [0.3, 0.4) is 0 Å². The van der Waals surface area contributed by atoms with Gasteiger partial charge in [-0.15, -0.1) is 0 Å². The van der Waals surface area contributed by atoms with Crippen molar-refractivity contribution in [2.24, 2.45) is 5.92 Å². The molecule has 0 bridgehead atoms. The summed E-state index contributed by atoms with van der Waals surface area (Å²) in [5, 5.41) is 6.56. The maximum Gasteiger partial charge on any atom is 0.407 e. The van der Waals surface area contributed by atoms with Crippen molar-refractivity contribution < 1.29 is 9.53 Å². The third-order valence-corrected chi connectivity index (χ3v) is 5.62. The maximum atomic E-state index is 11.7. The van der Waals surface area contributed by atoms with Crippen molar-refractivity contribution in [2.75, 3.05) is 18.1 Å². The lowest BCUT2D eigenvalue weighted by molar-refractivity contribution is 0.125. The highest BCUT2D eigenvalue weighted by Crippen LogP contribution is 2.25. The van der Waals surface area contributed by atoms with Crippen LogP contribution >= 0.6 is 11.8 Å². The molecule has 1 saturated carbocycles. The van der Waals surface area contributed by atoms with Crippen molar-refractivity contribution in [3.8, 4) is 0 Å². The molecule has 1 aromatic rings. The molecule has 1 unspecified atom stereocenters. The Labute approximate surface area is 136 Å². The molecule has 1 aromatic carbocycles. The van der Waals surface area contributed by atoms with E-state index in [1.807, 2.05) is 30.3 Å². The van der Waals surface area contributed by atoms with Crippen molar-refractivity contribution >= 4 is 17.9 Å². The number of ether oxygens (including phenoxy) is 1. The molecule has 0 spiro atoms. The van der Waals surface area contributed by atoms with Gasteiger partial charge in [-0.25, -0.2) is 4.79 Å². The lowest BCUT2D eigenvalue weighted by Crippen LogP contribution is -2.53. The quantitative estimate of drug-likeness (QED) is 0.846. The third kappa shape index (κ3) is 4.65. The number of hydrogen-bond donors (Lipinski definition) is 2. The predicted molar refractivity (Wildman–Crippen MR) is 90.0 cm³/mol. The van der Waals surface area contributed by atoms with Crippen LogP contribution in [0.2, 0.25) is 0 Å². The average Bonchev–Trinajstić information content (AvgIpc) is 3.01. The molecule has 5 heteroatoms. The summed E-state index contributed by atoms with van der Waals surface area (Å²) in [4.78, 5) is 11.7. The fourth-order valence-corrected chi connectivity index (χ4v) is 4.20. The molecular formula is C17H24N2O2S. The van der Waals surface area contributed by atoms with E-state index in [0.717, 1.165) is 30.9 Å². The largest absolute Gasteiger partial charge is 0.445 e. The summed E-state index contributed by atoms with van der Waals surface area (Å²) in [5.41, 5.74) is 1.01. The lowest BCUT2D eigenvalue weighted by atomic mass is 9.86. The van der Waals surface area contributed by atoms with Crippen molar-refractivity contribution in [3.05, 3.63) is 35.9 Å². The minimum atomic E-state index is -0.306. The number of carbonyl (C=O) groups is 1. The number of alkyl carbamates (subject to hydrolysis) is 1. The maximum absolute atomic E-state index is 11.7. The minimum Gasteiger partial charge on any atom is -0.445 e. The van der Waals surface area contributed by atoms with Crippen LogP contribution < -0.4 is 10.6 Å². The molecule has 2 fully saturated rings. The Kier molecular flexibility index (Phi) is 5.62. The molecule has 1 amide bonds. The highest BCUT2D eigenvalue weighted by Gasteiger charge is 2.31. The van der Waals surface area contributed by atoms with E-state index in [1.54, 1.807) is 0 Å². The number of nitrogens with one attached hydrogen (secondary N) is 2. The predicted octanol–water partition coefficient (Wildman–Crippen LogP) is 2.79. The Morgan fingerprint density at radius 3 is 2.77 bits per heavy atom. The average molecular weight is 320 g/mol. The Morgan fingerprint density at radius 1 is 1.23 bits per heavy atom. The van der Waals surface area contributed by atoms with Gasteiger partial charge in [-0.05, 0) is 48.8 Å². The van der Waals surface area contributed by atoms with Gasteiger partial charge in [0.25, 0.3) is 0 Å². The second-order valence-corrected chi connectivity index (χ2v) is 7.36. The topological polar surface area (TPSA) is 50.4 Å². The van der Waals surface area contributed by atoms with Gasteiger partial charge < -0.3 is 15.4 Å². The molecule has 120 valence electrons. The fourth-order valence-electron chi connectivity index (χ4n) is 2.91. The molecule has 4 nitrogen and oxygen atoms in total. The molecule has 1 aliphatic carbocycles. The summed E-state index contributed by atoms with van der Waals surface area (Å²) in [7, 11) is 0. The van der Waals surface area contributed by atoms with E-state index >= 15 is 0 Å². The smallest absolute Gasteiger partial charge is 0.407 e. The normalized spacial score (nSPS) is 27.2. The lowest BCUT2D eigenvalue weighted by Gasteiger charge is -2.36. The number of amides is 1. The van der Waals surface area contributed by atoms with Crippen molar-refractivity contribution in [1.29, 1.82) is 0 Å². The number of carbonyl (C=O) groups excluding carboxylic acids is 1. The molecule has 1 saturated heterocycles. The first-order valence-electron chi connectivity index (χ1n) is 8.08. The van der Waals surface area contributed by atoms with Crippen LogP contribution in [0.1, 0.15) is 24.8 Å². The Balaban J connectivity index is 1.26. The standard InChI is InChI=1S/C17H24N2O2S/c20-17(21-11-13-4-2-1-3-5-13)19-16-8-15(9-16)18-10-14-6-7-22-12-14/h1-5,14-16,18H,6-12H2,(H,19,20). The van der Waals surface area contributed by atoms with Crippen LogP contribution in [0.5, 0.6) is 0 Å². The van der Waals surface area contributed by atoms with E-state index in [2.05, 4.69) is 22.4 Å². The van der Waals surface area contributed by atoms with Gasteiger partial charge in [0, 0.05) is 12.1 Å². The van der Waals surface area contributed by atoms with Crippen molar-refractivity contribution in [3.63, 3.8) is 0 Å². The Bertz CT molecular complexity index is 471. The highest BCUT2D eigenvalue weighted by molar-refractivity contribution is 7.99. The summed E-state index contributed by atoms with van der Waals surface area (Å²) < 4.78 is 5.24. The summed E-state index contributed by atoms with van der Waals surface area (Å²) in [5.74, 6) is 3.45. The van der Waals surface area contributed by atoms with E-state index in [9.17, 15) is 4.79 Å². The van der Waals surface area contributed by atoms with Gasteiger partial charge in [-0.3, -0.25) is 0 Å². The molecule has 2 aliphatic rings. The summed E-state index contributed by atoms with van der Waals surface area (Å²) >= 11 is 2.06. The monoisotopic (exact) mass is 320 g/mol. The van der Waals surface area contributed by atoms with Crippen LogP contribution in [0.25, 0.3) is 0 Å². The SMILES string of the molecule is O=C(NC1CC(NCC2CCSC2)C1)OCc1ccccc1. The van der Waals surface area contributed by atoms with Gasteiger partial charge in [-0.2, -0.15) is 11.8 Å². The second-order valence-electron chi connectivity index (χ2n) is 6.21. The molecule has 22 heavy (non-hydrogen) atoms. The zero-order chi connectivity index (χ0) is 15.2. The molecule has 0 aromatic heterocycles. The number of rotatable bonds is 6. The molecular weight excluding hydrogens is 296 g/mol. The third-order valence-electron chi connectivity index (χ3n) is 4.39. The first kappa shape index (κ1) is 15.7. The molecule has 1 heterocycles. The number of thioether (sulfide) groups is 1. The summed E-state index contributed by atoms with van der Waals surface area (Å²) in [6, 6.07) is 10.6. The van der Waals surface area contributed by atoms with E-state index in [4.69, 9.17) is 4.74 Å². The van der Waals surface area contributed by atoms with Gasteiger partial charge >= 0.3 is 6.09 Å². The fraction of sp³-hybridized carbons (Fsp3) is 0.588. The number of benzene rings is 1. The van der Waals surface area contributed by atoms with Gasteiger partial charge in [0.1, 0.15) is 6.61 Å². The van der Waals surface area contributed by atoms with Crippen molar-refractivity contribution in [1.82, 2.24) is 10.6 Å². The van der Waals surface area contributed by atoms with Crippen LogP contribution in [0, 0.1) is 5.92 Å². The van der Waals surface area contributed by atoms with Crippen LogP contribution in [0.15, 0.2) is 30.3 Å². The first-order valence-corrected chi connectivity index (χ1v) is 9.23. The Morgan fingerprint density at radius 2 is 2.05 bits per heavy atom. The van der Waals surface area contributed by atoms with Crippen molar-refractivity contribution in [2.45, 2.75) is 38.0 Å². The van der Waals surface area contributed by atoms with Gasteiger partial charge in [0.15, 0.2) is 0 Å². The second kappa shape index (κ2) is 7.88. The molecule has 0 radical (unpaired) electrons. The van der Waals surface area contributed by atoms with Gasteiger partial charge in [-0.1, -0.05) is 30.3 Å². The zero-order valence-electron chi connectivity index (χ0n) is 12.8. The summed E-state index contributed by atoms with van der Waals surface area (Å²) in [6.07, 6.45) is 3.07. The highest BCUT2D eigenvalue weighted by atomic mass is 32.2. The van der Waals surface area contributed by atoms with Crippen LogP contribution in [-0.4, -0.2) is 36.2 Å². The van der Waals surface area contributed by atoms with Crippen LogP contribution in [-0.2, 0) is 11.3 Å². The molecule has 1 aliphatic heterocycles. The van der Waals surface area contributed by atoms with E-state index in [1.165, 1.54) is 17.9 Å².